The molecule has 10 heteroatoms. The SMILES string of the molecule is NC(=O)NC(=O)[C@@H](c1ccccc1)N1CCN(c2ccc(C(F)(F)F)cn2)CC1. The van der Waals surface area contributed by atoms with E-state index < -0.39 is 29.7 Å². The van der Waals surface area contributed by atoms with E-state index in [1.165, 1.54) is 6.07 Å². The first-order valence-electron chi connectivity index (χ1n) is 8.93. The van der Waals surface area contributed by atoms with Crippen LogP contribution in [0.1, 0.15) is 17.2 Å². The number of primary amides is 1. The fraction of sp³-hybridized carbons (Fsp3) is 0.316. The zero-order valence-electron chi connectivity index (χ0n) is 15.4. The first-order chi connectivity index (χ1) is 13.8. The van der Waals surface area contributed by atoms with E-state index >= 15 is 0 Å². The number of carbonyl (C=O) groups excluding carboxylic acids is 2. The molecular formula is C19H20F3N5O2. The van der Waals surface area contributed by atoms with Gasteiger partial charge in [0.2, 0.25) is 5.91 Å². The highest BCUT2D eigenvalue weighted by Crippen LogP contribution is 2.30. The number of urea groups is 1. The minimum atomic E-state index is -4.43. The van der Waals surface area contributed by atoms with Crippen molar-refractivity contribution >= 4 is 17.8 Å². The molecule has 3 amide bonds. The van der Waals surface area contributed by atoms with Crippen LogP contribution >= 0.6 is 0 Å². The Hall–Kier alpha value is -3.14. The average molecular weight is 407 g/mol. The molecule has 0 bridgehead atoms. The number of amides is 3. The van der Waals surface area contributed by atoms with Crippen molar-refractivity contribution in [2.45, 2.75) is 12.2 Å². The summed E-state index contributed by atoms with van der Waals surface area (Å²) in [4.78, 5) is 31.4. The summed E-state index contributed by atoms with van der Waals surface area (Å²) in [6.07, 6.45) is -3.62. The minimum absolute atomic E-state index is 0.440. The van der Waals surface area contributed by atoms with Crippen molar-refractivity contribution in [3.8, 4) is 0 Å². The molecule has 1 aliphatic rings. The number of piperazine rings is 1. The molecule has 3 rings (SSSR count). The molecule has 2 aromatic rings. The number of hydrogen-bond acceptors (Lipinski definition) is 5. The molecule has 154 valence electrons. The van der Waals surface area contributed by atoms with Gasteiger partial charge in [-0.05, 0) is 17.7 Å². The molecule has 29 heavy (non-hydrogen) atoms. The van der Waals surface area contributed by atoms with Gasteiger partial charge in [-0.3, -0.25) is 15.0 Å². The molecular weight excluding hydrogens is 387 g/mol. The van der Waals surface area contributed by atoms with Crippen molar-refractivity contribution in [1.29, 1.82) is 0 Å². The number of carbonyl (C=O) groups is 2. The van der Waals surface area contributed by atoms with Crippen molar-refractivity contribution in [3.05, 3.63) is 59.8 Å². The third kappa shape index (κ3) is 5.02. The Bertz CT molecular complexity index is 850. The highest BCUT2D eigenvalue weighted by atomic mass is 19.4. The molecule has 0 spiro atoms. The number of anilines is 1. The lowest BCUT2D eigenvalue weighted by molar-refractivity contribution is -0.137. The maximum absolute atomic E-state index is 12.7. The van der Waals surface area contributed by atoms with E-state index in [4.69, 9.17) is 5.73 Å². The van der Waals surface area contributed by atoms with Crippen LogP contribution in [0.3, 0.4) is 0 Å². The molecule has 0 radical (unpaired) electrons. The van der Waals surface area contributed by atoms with E-state index in [1.807, 2.05) is 15.9 Å². The van der Waals surface area contributed by atoms with E-state index in [1.54, 1.807) is 24.3 Å². The second kappa shape index (κ2) is 8.48. The number of aromatic nitrogens is 1. The van der Waals surface area contributed by atoms with E-state index in [0.29, 0.717) is 37.6 Å². The molecule has 2 heterocycles. The van der Waals surface area contributed by atoms with Crippen LogP contribution in [0.15, 0.2) is 48.7 Å². The second-order valence-electron chi connectivity index (χ2n) is 6.59. The summed E-state index contributed by atoms with van der Waals surface area (Å²) in [5, 5.41) is 2.13. The first kappa shape index (κ1) is 20.6. The minimum Gasteiger partial charge on any atom is -0.354 e. The Labute approximate surface area is 165 Å². The van der Waals surface area contributed by atoms with Crippen LogP contribution in [0.4, 0.5) is 23.8 Å². The zero-order chi connectivity index (χ0) is 21.0. The number of pyridine rings is 1. The van der Waals surface area contributed by atoms with Crippen LogP contribution in [0.5, 0.6) is 0 Å². The Morgan fingerprint density at radius 2 is 1.69 bits per heavy atom. The van der Waals surface area contributed by atoms with Crippen molar-refractivity contribution < 1.29 is 22.8 Å². The van der Waals surface area contributed by atoms with Gasteiger partial charge in [0, 0.05) is 32.4 Å². The van der Waals surface area contributed by atoms with Gasteiger partial charge in [-0.2, -0.15) is 13.2 Å². The summed E-state index contributed by atoms with van der Waals surface area (Å²) in [6.45, 7) is 1.83. The van der Waals surface area contributed by atoms with Crippen molar-refractivity contribution in [3.63, 3.8) is 0 Å². The summed E-state index contributed by atoms with van der Waals surface area (Å²) in [6, 6.07) is 9.69. The van der Waals surface area contributed by atoms with Gasteiger partial charge in [0.15, 0.2) is 0 Å². The normalized spacial score (nSPS) is 16.3. The maximum Gasteiger partial charge on any atom is 0.417 e. The number of benzene rings is 1. The van der Waals surface area contributed by atoms with Gasteiger partial charge in [-0.25, -0.2) is 9.78 Å². The Balaban J connectivity index is 1.71. The topological polar surface area (TPSA) is 91.6 Å². The third-order valence-corrected chi connectivity index (χ3v) is 4.69. The van der Waals surface area contributed by atoms with E-state index in [0.717, 1.165) is 12.3 Å². The molecule has 1 saturated heterocycles. The van der Waals surface area contributed by atoms with Crippen LogP contribution in [-0.4, -0.2) is 48.0 Å². The van der Waals surface area contributed by atoms with Gasteiger partial charge >= 0.3 is 12.2 Å². The number of alkyl halides is 3. The fourth-order valence-corrected chi connectivity index (χ4v) is 3.30. The summed E-state index contributed by atoms with van der Waals surface area (Å²) < 4.78 is 38.1. The lowest BCUT2D eigenvalue weighted by Gasteiger charge is -2.39. The number of nitrogens with one attached hydrogen (secondary N) is 1. The number of nitrogens with zero attached hydrogens (tertiary/aromatic N) is 3. The highest BCUT2D eigenvalue weighted by molar-refractivity contribution is 5.96. The number of imide groups is 1. The average Bonchev–Trinajstić information content (AvgIpc) is 2.68. The Morgan fingerprint density at radius 3 is 2.21 bits per heavy atom. The van der Waals surface area contributed by atoms with Gasteiger partial charge in [-0.1, -0.05) is 30.3 Å². The monoisotopic (exact) mass is 407 g/mol. The van der Waals surface area contributed by atoms with Crippen LogP contribution in [0.25, 0.3) is 0 Å². The Morgan fingerprint density at radius 1 is 1.03 bits per heavy atom. The first-order valence-corrected chi connectivity index (χ1v) is 8.93. The molecule has 0 aliphatic carbocycles. The zero-order valence-corrected chi connectivity index (χ0v) is 15.4. The van der Waals surface area contributed by atoms with Crippen molar-refractivity contribution in [2.24, 2.45) is 5.73 Å². The van der Waals surface area contributed by atoms with Crippen LogP contribution in [-0.2, 0) is 11.0 Å². The number of hydrogen-bond donors (Lipinski definition) is 2. The smallest absolute Gasteiger partial charge is 0.354 e. The number of halogens is 3. The van der Waals surface area contributed by atoms with E-state index in [2.05, 4.69) is 10.3 Å². The molecule has 0 saturated carbocycles. The molecule has 3 N–H and O–H groups in total. The quantitative estimate of drug-likeness (QED) is 0.811. The van der Waals surface area contributed by atoms with Crippen LogP contribution in [0.2, 0.25) is 0 Å². The summed E-state index contributed by atoms with van der Waals surface area (Å²) >= 11 is 0. The lowest BCUT2D eigenvalue weighted by atomic mass is 10.0. The maximum atomic E-state index is 12.7. The van der Waals surface area contributed by atoms with Crippen LogP contribution in [0, 0.1) is 0 Å². The van der Waals surface area contributed by atoms with E-state index in [-0.39, 0.29) is 0 Å². The standard InChI is InChI=1S/C19H20F3N5O2/c20-19(21,22)14-6-7-15(24-12-14)26-8-10-27(11-9-26)16(17(28)25-18(23)29)13-4-2-1-3-5-13/h1-7,12,16H,8-11H2,(H3,23,25,28,29)/t16-/m1/s1. The molecule has 1 fully saturated rings. The fourth-order valence-electron chi connectivity index (χ4n) is 3.30. The molecule has 1 aliphatic heterocycles. The van der Waals surface area contributed by atoms with Gasteiger partial charge in [-0.15, -0.1) is 0 Å². The Kier molecular flexibility index (Phi) is 6.02. The molecule has 7 nitrogen and oxygen atoms in total. The molecule has 1 aromatic carbocycles. The number of nitrogens with two attached hydrogens (primary N) is 1. The molecule has 0 unspecified atom stereocenters. The van der Waals surface area contributed by atoms with Crippen molar-refractivity contribution in [1.82, 2.24) is 15.2 Å². The molecule has 1 aromatic heterocycles. The van der Waals surface area contributed by atoms with Gasteiger partial charge in [0.25, 0.3) is 0 Å². The second-order valence-corrected chi connectivity index (χ2v) is 6.59. The summed E-state index contributed by atoms with van der Waals surface area (Å²) in [5.74, 6) is -0.0831. The van der Waals surface area contributed by atoms with Crippen molar-refractivity contribution in [2.75, 3.05) is 31.1 Å². The van der Waals surface area contributed by atoms with Gasteiger partial charge in [0.1, 0.15) is 11.9 Å². The lowest BCUT2D eigenvalue weighted by Crippen LogP contribution is -2.52. The predicted molar refractivity (Wildman–Crippen MR) is 99.9 cm³/mol. The summed E-state index contributed by atoms with van der Waals surface area (Å²) in [5.41, 5.74) is 5.01. The molecule has 1 atom stereocenters. The number of rotatable bonds is 4. The summed E-state index contributed by atoms with van der Waals surface area (Å²) in [7, 11) is 0. The van der Waals surface area contributed by atoms with Crippen LogP contribution < -0.4 is 16.0 Å². The largest absolute Gasteiger partial charge is 0.417 e. The predicted octanol–water partition coefficient (Wildman–Crippen LogP) is 2.16. The van der Waals surface area contributed by atoms with E-state index in [9.17, 15) is 22.8 Å². The van der Waals surface area contributed by atoms with Gasteiger partial charge < -0.3 is 10.6 Å². The third-order valence-electron chi connectivity index (χ3n) is 4.69. The van der Waals surface area contributed by atoms with Gasteiger partial charge in [0.05, 0.1) is 5.56 Å². The highest BCUT2D eigenvalue weighted by Gasteiger charge is 2.33.